The van der Waals surface area contributed by atoms with Crippen LogP contribution in [0.4, 0.5) is 4.79 Å². The van der Waals surface area contributed by atoms with Gasteiger partial charge in [-0.15, -0.1) is 0 Å². The molecule has 1 fully saturated rings. The third-order valence-electron chi connectivity index (χ3n) is 6.41. The van der Waals surface area contributed by atoms with Gasteiger partial charge < -0.3 is 25.2 Å². The molecule has 1 saturated carbocycles. The summed E-state index contributed by atoms with van der Waals surface area (Å²) < 4.78 is 11.0. The van der Waals surface area contributed by atoms with Crippen molar-refractivity contribution < 1.29 is 29.0 Å². The van der Waals surface area contributed by atoms with E-state index in [1.54, 1.807) is 0 Å². The van der Waals surface area contributed by atoms with Crippen LogP contribution in [0.15, 0.2) is 48.5 Å². The Morgan fingerprint density at radius 3 is 2.20 bits per heavy atom. The molecule has 3 atom stereocenters. The number of carbonyl (C=O) groups is 3. The number of hydrogen-bond acceptors (Lipinski definition) is 5. The second kappa shape index (κ2) is 10.1. The first kappa shape index (κ1) is 24.7. The van der Waals surface area contributed by atoms with Crippen molar-refractivity contribution in [3.63, 3.8) is 0 Å². The molecule has 4 rings (SSSR count). The molecular weight excluding hydrogens is 448 g/mol. The van der Waals surface area contributed by atoms with Crippen LogP contribution >= 0.6 is 0 Å². The summed E-state index contributed by atoms with van der Waals surface area (Å²) in [6.07, 6.45) is 0.0574. The van der Waals surface area contributed by atoms with E-state index in [-0.39, 0.29) is 36.9 Å². The second-order valence-corrected chi connectivity index (χ2v) is 10.1. The topological polar surface area (TPSA) is 114 Å². The van der Waals surface area contributed by atoms with E-state index in [9.17, 15) is 19.5 Å². The molecule has 2 aliphatic rings. The molecule has 2 aromatic carbocycles. The van der Waals surface area contributed by atoms with Gasteiger partial charge in [0.1, 0.15) is 6.61 Å². The molecule has 0 saturated heterocycles. The molecule has 0 unspecified atom stereocenters. The van der Waals surface area contributed by atoms with Crippen LogP contribution in [0, 0.1) is 11.8 Å². The predicted molar refractivity (Wildman–Crippen MR) is 130 cm³/mol. The van der Waals surface area contributed by atoms with Crippen molar-refractivity contribution in [2.75, 3.05) is 19.8 Å². The van der Waals surface area contributed by atoms with E-state index in [0.29, 0.717) is 13.0 Å². The van der Waals surface area contributed by atoms with E-state index in [0.717, 1.165) is 22.3 Å². The maximum atomic E-state index is 12.5. The van der Waals surface area contributed by atoms with Crippen molar-refractivity contribution in [1.29, 1.82) is 0 Å². The Labute approximate surface area is 205 Å². The fourth-order valence-electron chi connectivity index (χ4n) is 4.44. The number of carbonyl (C=O) groups excluding carboxylic acids is 2. The number of carboxylic acids is 1. The minimum atomic E-state index is -1.14. The van der Waals surface area contributed by atoms with Gasteiger partial charge in [-0.3, -0.25) is 4.79 Å². The van der Waals surface area contributed by atoms with Crippen LogP contribution in [0.25, 0.3) is 11.1 Å². The van der Waals surface area contributed by atoms with Crippen LogP contribution in [-0.2, 0) is 19.1 Å². The van der Waals surface area contributed by atoms with E-state index >= 15 is 0 Å². The highest BCUT2D eigenvalue weighted by Gasteiger charge is 2.44. The summed E-state index contributed by atoms with van der Waals surface area (Å²) in [5, 5.41) is 14.6. The third kappa shape index (κ3) is 6.00. The molecule has 0 radical (unpaired) electrons. The Morgan fingerprint density at radius 2 is 1.63 bits per heavy atom. The van der Waals surface area contributed by atoms with Crippen molar-refractivity contribution in [2.45, 2.75) is 44.8 Å². The Bertz CT molecular complexity index is 1060. The number of benzene rings is 2. The van der Waals surface area contributed by atoms with Crippen LogP contribution in [0.3, 0.4) is 0 Å². The van der Waals surface area contributed by atoms with Gasteiger partial charge >= 0.3 is 12.1 Å². The predicted octanol–water partition coefficient (Wildman–Crippen LogP) is 3.55. The number of rotatable bonds is 9. The van der Waals surface area contributed by atoms with Gasteiger partial charge in [0.2, 0.25) is 5.91 Å². The molecule has 8 heteroatoms. The zero-order valence-electron chi connectivity index (χ0n) is 20.2. The zero-order chi connectivity index (χ0) is 25.2. The number of ether oxygens (including phenoxy) is 2. The molecule has 2 amide bonds. The quantitative estimate of drug-likeness (QED) is 0.506. The molecule has 0 spiro atoms. The highest BCUT2D eigenvalue weighted by Crippen LogP contribution is 2.44. The number of fused-ring (bicyclic) bond motifs is 3. The van der Waals surface area contributed by atoms with Crippen LogP contribution in [0.1, 0.15) is 44.2 Å². The van der Waals surface area contributed by atoms with Gasteiger partial charge in [0.25, 0.3) is 0 Å². The summed E-state index contributed by atoms with van der Waals surface area (Å²) in [4.78, 5) is 36.3. The number of hydrogen-bond donors (Lipinski definition) is 3. The minimum Gasteiger partial charge on any atom is -0.480 e. The molecule has 0 heterocycles. The summed E-state index contributed by atoms with van der Waals surface area (Å²) in [5.74, 6) is -1.88. The Hall–Kier alpha value is -3.39. The number of alkyl carbamates (subject to hydrolysis) is 1. The molecule has 35 heavy (non-hydrogen) atoms. The lowest BCUT2D eigenvalue weighted by Crippen LogP contribution is -2.46. The summed E-state index contributed by atoms with van der Waals surface area (Å²) in [5.41, 5.74) is 4.11. The van der Waals surface area contributed by atoms with Crippen molar-refractivity contribution in [3.05, 3.63) is 59.7 Å². The summed E-state index contributed by atoms with van der Waals surface area (Å²) in [6.45, 7) is 5.87. The van der Waals surface area contributed by atoms with Crippen LogP contribution in [-0.4, -0.2) is 54.5 Å². The van der Waals surface area contributed by atoms with E-state index in [2.05, 4.69) is 34.9 Å². The number of carboxylic acid groups (broad SMARTS) is 1. The largest absolute Gasteiger partial charge is 0.480 e. The van der Waals surface area contributed by atoms with E-state index < -0.39 is 23.7 Å². The monoisotopic (exact) mass is 480 g/mol. The van der Waals surface area contributed by atoms with Crippen molar-refractivity contribution >= 4 is 18.0 Å². The van der Waals surface area contributed by atoms with E-state index in [1.807, 2.05) is 45.0 Å². The van der Waals surface area contributed by atoms with Crippen molar-refractivity contribution in [3.8, 4) is 11.1 Å². The van der Waals surface area contributed by atoms with E-state index in [1.165, 1.54) is 0 Å². The number of aliphatic carboxylic acids is 1. The fraction of sp³-hybridized carbons (Fsp3) is 0.444. The Balaban J connectivity index is 1.23. The van der Waals surface area contributed by atoms with Crippen LogP contribution in [0.5, 0.6) is 0 Å². The molecule has 0 aliphatic heterocycles. The van der Waals surface area contributed by atoms with Gasteiger partial charge in [0, 0.05) is 18.4 Å². The molecule has 186 valence electrons. The van der Waals surface area contributed by atoms with E-state index in [4.69, 9.17) is 9.47 Å². The Morgan fingerprint density at radius 1 is 1.03 bits per heavy atom. The number of amides is 2. The lowest BCUT2D eigenvalue weighted by molar-refractivity contribution is -0.145. The SMILES string of the molecule is CC(C)(C)OC[C@H](NC(=O)[C@H]1C[C@H]1CNC(=O)OCC1c2ccccc2-c2ccccc21)C(=O)O. The zero-order valence-corrected chi connectivity index (χ0v) is 20.2. The molecule has 3 N–H and O–H groups in total. The standard InChI is InChI=1S/C27H32N2O6/c1-27(2,3)35-15-23(25(31)32)29-24(30)21-12-16(21)13-28-26(33)34-14-22-19-10-6-4-8-17(19)18-9-5-7-11-20(18)22/h4-11,16,21-23H,12-15H2,1-3H3,(H,28,33)(H,29,30)(H,31,32)/t16-,21-,23-/m0/s1. The average molecular weight is 481 g/mol. The molecule has 0 bridgehead atoms. The fourth-order valence-corrected chi connectivity index (χ4v) is 4.44. The molecule has 0 aromatic heterocycles. The second-order valence-electron chi connectivity index (χ2n) is 10.1. The molecule has 2 aliphatic carbocycles. The first-order chi connectivity index (χ1) is 16.6. The maximum Gasteiger partial charge on any atom is 0.407 e. The van der Waals surface area contributed by atoms with Gasteiger partial charge in [-0.1, -0.05) is 48.5 Å². The molecule has 8 nitrogen and oxygen atoms in total. The third-order valence-corrected chi connectivity index (χ3v) is 6.41. The normalized spacial score (nSPS) is 19.3. The lowest BCUT2D eigenvalue weighted by atomic mass is 9.98. The highest BCUT2D eigenvalue weighted by molar-refractivity contribution is 5.87. The maximum absolute atomic E-state index is 12.5. The van der Waals surface area contributed by atoms with Gasteiger partial charge in [-0.2, -0.15) is 0 Å². The first-order valence-electron chi connectivity index (χ1n) is 11.9. The van der Waals surface area contributed by atoms with Crippen LogP contribution < -0.4 is 10.6 Å². The van der Waals surface area contributed by atoms with Gasteiger partial charge in [0.15, 0.2) is 6.04 Å². The first-order valence-corrected chi connectivity index (χ1v) is 11.9. The minimum absolute atomic E-state index is 0.0177. The van der Waals surface area contributed by atoms with Gasteiger partial charge in [-0.05, 0) is 55.4 Å². The summed E-state index contributed by atoms with van der Waals surface area (Å²) in [7, 11) is 0. The molecular formula is C27H32N2O6. The van der Waals surface area contributed by atoms with Gasteiger partial charge in [0.05, 0.1) is 12.2 Å². The van der Waals surface area contributed by atoms with Crippen molar-refractivity contribution in [1.82, 2.24) is 10.6 Å². The van der Waals surface area contributed by atoms with Gasteiger partial charge in [-0.25, -0.2) is 9.59 Å². The van der Waals surface area contributed by atoms with Crippen LogP contribution in [0.2, 0.25) is 0 Å². The average Bonchev–Trinajstić information content (AvgIpc) is 3.53. The summed E-state index contributed by atoms with van der Waals surface area (Å²) >= 11 is 0. The highest BCUT2D eigenvalue weighted by atomic mass is 16.5. The smallest absolute Gasteiger partial charge is 0.407 e. The lowest BCUT2D eigenvalue weighted by Gasteiger charge is -2.23. The number of nitrogens with one attached hydrogen (secondary N) is 2. The summed E-state index contributed by atoms with van der Waals surface area (Å²) in [6, 6.07) is 15.2. The van der Waals surface area contributed by atoms with Crippen molar-refractivity contribution in [2.24, 2.45) is 11.8 Å². The molecule has 2 aromatic rings. The Kier molecular flexibility index (Phi) is 7.12.